The zero-order valence-electron chi connectivity index (χ0n) is 18.4. The van der Waals surface area contributed by atoms with Crippen molar-refractivity contribution in [2.24, 2.45) is 0 Å². The SMILES string of the molecule is CN(c1ccccc1-c1ccccc1)c1ccccc1-c1cccc2c1oc1ccccc12. The van der Waals surface area contributed by atoms with Crippen LogP contribution in [0.1, 0.15) is 0 Å². The molecule has 0 aliphatic carbocycles. The van der Waals surface area contributed by atoms with E-state index in [0.717, 1.165) is 44.4 Å². The lowest BCUT2D eigenvalue weighted by molar-refractivity contribution is 0.670. The molecule has 1 heterocycles. The predicted molar refractivity (Wildman–Crippen MR) is 139 cm³/mol. The summed E-state index contributed by atoms with van der Waals surface area (Å²) in [5.41, 5.74) is 8.79. The van der Waals surface area contributed by atoms with Crippen LogP contribution in [-0.2, 0) is 0 Å². The molecule has 1 aromatic heterocycles. The van der Waals surface area contributed by atoms with Gasteiger partial charge in [0.15, 0.2) is 0 Å². The van der Waals surface area contributed by atoms with Crippen LogP contribution in [-0.4, -0.2) is 7.05 Å². The molecule has 0 saturated carbocycles. The zero-order valence-corrected chi connectivity index (χ0v) is 18.4. The first kappa shape index (κ1) is 19.4. The molecule has 158 valence electrons. The molecule has 0 N–H and O–H groups in total. The summed E-state index contributed by atoms with van der Waals surface area (Å²) in [6, 6.07) is 42.3. The Morgan fingerprint density at radius 2 is 1.06 bits per heavy atom. The van der Waals surface area contributed by atoms with Gasteiger partial charge in [-0.15, -0.1) is 0 Å². The topological polar surface area (TPSA) is 16.4 Å². The molecule has 0 saturated heterocycles. The monoisotopic (exact) mass is 425 g/mol. The van der Waals surface area contributed by atoms with E-state index in [4.69, 9.17) is 4.42 Å². The predicted octanol–water partition coefficient (Wildman–Crippen LogP) is 8.69. The van der Waals surface area contributed by atoms with Crippen molar-refractivity contribution < 1.29 is 4.42 Å². The van der Waals surface area contributed by atoms with Gasteiger partial charge in [-0.05, 0) is 23.8 Å². The first-order chi connectivity index (χ1) is 16.3. The first-order valence-electron chi connectivity index (χ1n) is 11.2. The summed E-state index contributed by atoms with van der Waals surface area (Å²) in [4.78, 5) is 2.28. The number of para-hydroxylation sites is 4. The summed E-state index contributed by atoms with van der Waals surface area (Å²) in [6.07, 6.45) is 0. The Morgan fingerprint density at radius 1 is 0.485 bits per heavy atom. The molecule has 33 heavy (non-hydrogen) atoms. The number of fused-ring (bicyclic) bond motifs is 3. The van der Waals surface area contributed by atoms with Crippen LogP contribution in [0.2, 0.25) is 0 Å². The van der Waals surface area contributed by atoms with Crippen LogP contribution in [0.3, 0.4) is 0 Å². The smallest absolute Gasteiger partial charge is 0.143 e. The molecule has 6 aromatic rings. The average molecular weight is 426 g/mol. The molecule has 0 unspecified atom stereocenters. The molecular formula is C31H23NO. The summed E-state index contributed by atoms with van der Waals surface area (Å²) in [6.45, 7) is 0. The van der Waals surface area contributed by atoms with E-state index in [1.54, 1.807) is 0 Å². The van der Waals surface area contributed by atoms with E-state index in [2.05, 4.69) is 121 Å². The fourth-order valence-corrected chi connectivity index (χ4v) is 4.71. The van der Waals surface area contributed by atoms with Gasteiger partial charge in [-0.25, -0.2) is 0 Å². The van der Waals surface area contributed by atoms with Crippen molar-refractivity contribution in [3.05, 3.63) is 121 Å². The minimum atomic E-state index is 0.917. The number of furan rings is 1. The second kappa shape index (κ2) is 7.99. The van der Waals surface area contributed by atoms with Crippen molar-refractivity contribution in [2.75, 3.05) is 11.9 Å². The third-order valence-corrected chi connectivity index (χ3v) is 6.31. The third kappa shape index (κ3) is 3.28. The van der Waals surface area contributed by atoms with Crippen LogP contribution in [0.4, 0.5) is 11.4 Å². The second-order valence-electron chi connectivity index (χ2n) is 8.24. The highest BCUT2D eigenvalue weighted by molar-refractivity contribution is 6.10. The second-order valence-corrected chi connectivity index (χ2v) is 8.24. The van der Waals surface area contributed by atoms with Crippen LogP contribution < -0.4 is 4.90 Å². The Bertz CT molecular complexity index is 1580. The van der Waals surface area contributed by atoms with Gasteiger partial charge in [0.05, 0.1) is 0 Å². The normalized spacial score (nSPS) is 11.2. The summed E-state index contributed by atoms with van der Waals surface area (Å²) < 4.78 is 6.35. The van der Waals surface area contributed by atoms with E-state index in [1.165, 1.54) is 11.1 Å². The molecule has 0 radical (unpaired) electrons. The van der Waals surface area contributed by atoms with Crippen molar-refractivity contribution in [3.8, 4) is 22.3 Å². The molecule has 0 spiro atoms. The van der Waals surface area contributed by atoms with E-state index in [9.17, 15) is 0 Å². The van der Waals surface area contributed by atoms with Gasteiger partial charge in [-0.2, -0.15) is 0 Å². The lowest BCUT2D eigenvalue weighted by Crippen LogP contribution is -2.11. The lowest BCUT2D eigenvalue weighted by atomic mass is 9.98. The Balaban J connectivity index is 1.54. The number of hydrogen-bond acceptors (Lipinski definition) is 2. The highest BCUT2D eigenvalue weighted by atomic mass is 16.3. The van der Waals surface area contributed by atoms with Gasteiger partial charge in [-0.1, -0.05) is 103 Å². The molecule has 0 fully saturated rings. The van der Waals surface area contributed by atoms with E-state index in [1.807, 2.05) is 12.1 Å². The Hall–Kier alpha value is -4.30. The minimum Gasteiger partial charge on any atom is -0.455 e. The standard InChI is InChI=1S/C31H23NO/c1-32(28-19-8-5-14-23(28)22-12-3-2-4-13-22)29-20-9-6-15-24(29)26-17-11-18-27-25-16-7-10-21-30(25)33-31(26)27/h2-21H,1H3. The fourth-order valence-electron chi connectivity index (χ4n) is 4.71. The van der Waals surface area contributed by atoms with Crippen LogP contribution in [0.25, 0.3) is 44.2 Å². The fraction of sp³-hybridized carbons (Fsp3) is 0.0323. The van der Waals surface area contributed by atoms with E-state index in [-0.39, 0.29) is 0 Å². The van der Waals surface area contributed by atoms with Gasteiger partial charge in [-0.3, -0.25) is 0 Å². The van der Waals surface area contributed by atoms with Gasteiger partial charge in [0, 0.05) is 45.9 Å². The first-order valence-corrected chi connectivity index (χ1v) is 11.2. The molecular weight excluding hydrogens is 402 g/mol. The summed E-state index contributed by atoms with van der Waals surface area (Å²) in [7, 11) is 2.14. The van der Waals surface area contributed by atoms with E-state index >= 15 is 0 Å². The number of rotatable bonds is 4. The number of anilines is 2. The van der Waals surface area contributed by atoms with Gasteiger partial charge in [0.1, 0.15) is 11.2 Å². The van der Waals surface area contributed by atoms with Crippen molar-refractivity contribution in [1.82, 2.24) is 0 Å². The van der Waals surface area contributed by atoms with Crippen molar-refractivity contribution in [1.29, 1.82) is 0 Å². The summed E-state index contributed by atoms with van der Waals surface area (Å²) in [5, 5.41) is 2.29. The Kier molecular flexibility index (Phi) is 4.70. The molecule has 0 atom stereocenters. The highest BCUT2D eigenvalue weighted by Gasteiger charge is 2.18. The van der Waals surface area contributed by atoms with Crippen LogP contribution in [0, 0.1) is 0 Å². The summed E-state index contributed by atoms with van der Waals surface area (Å²) >= 11 is 0. The van der Waals surface area contributed by atoms with Crippen LogP contribution in [0.15, 0.2) is 126 Å². The van der Waals surface area contributed by atoms with Crippen LogP contribution in [0.5, 0.6) is 0 Å². The van der Waals surface area contributed by atoms with Crippen LogP contribution >= 0.6 is 0 Å². The van der Waals surface area contributed by atoms with Gasteiger partial charge >= 0.3 is 0 Å². The Morgan fingerprint density at radius 3 is 1.88 bits per heavy atom. The van der Waals surface area contributed by atoms with Crippen molar-refractivity contribution in [3.63, 3.8) is 0 Å². The molecule has 2 nitrogen and oxygen atoms in total. The maximum absolute atomic E-state index is 6.35. The molecule has 0 amide bonds. The number of nitrogens with zero attached hydrogens (tertiary/aromatic N) is 1. The highest BCUT2D eigenvalue weighted by Crippen LogP contribution is 2.42. The molecule has 5 aromatic carbocycles. The molecule has 0 bridgehead atoms. The number of hydrogen-bond donors (Lipinski definition) is 0. The molecule has 6 rings (SSSR count). The van der Waals surface area contributed by atoms with E-state index < -0.39 is 0 Å². The molecule has 2 heteroatoms. The maximum atomic E-state index is 6.35. The average Bonchev–Trinajstić information content (AvgIpc) is 3.28. The largest absolute Gasteiger partial charge is 0.455 e. The van der Waals surface area contributed by atoms with E-state index in [0.29, 0.717) is 0 Å². The quantitative estimate of drug-likeness (QED) is 0.281. The third-order valence-electron chi connectivity index (χ3n) is 6.31. The molecule has 0 aliphatic heterocycles. The summed E-state index contributed by atoms with van der Waals surface area (Å²) in [5.74, 6) is 0. The van der Waals surface area contributed by atoms with Gasteiger partial charge in [0.2, 0.25) is 0 Å². The van der Waals surface area contributed by atoms with Gasteiger partial charge < -0.3 is 9.32 Å². The van der Waals surface area contributed by atoms with Gasteiger partial charge in [0.25, 0.3) is 0 Å². The van der Waals surface area contributed by atoms with Crippen molar-refractivity contribution in [2.45, 2.75) is 0 Å². The minimum absolute atomic E-state index is 0.917. The Labute approximate surface area is 193 Å². The lowest BCUT2D eigenvalue weighted by Gasteiger charge is -2.25. The van der Waals surface area contributed by atoms with Crippen molar-refractivity contribution >= 4 is 33.3 Å². The molecule has 0 aliphatic rings. The maximum Gasteiger partial charge on any atom is 0.143 e. The number of benzene rings is 5. The zero-order chi connectivity index (χ0) is 22.2.